The number of benzene rings is 1. The molecule has 0 radical (unpaired) electrons. The number of nitrogens with two attached hydrogens (primary N) is 1. The fourth-order valence-corrected chi connectivity index (χ4v) is 5.26. The van der Waals surface area contributed by atoms with Crippen LogP contribution in [0.25, 0.3) is 0 Å². The van der Waals surface area contributed by atoms with Gasteiger partial charge in [0.05, 0.1) is 5.56 Å². The number of anilines is 1. The lowest BCUT2D eigenvalue weighted by Crippen LogP contribution is -2.27. The number of thiophene rings is 1. The molecule has 0 spiro atoms. The molecule has 2 amide bonds. The average molecular weight is 369 g/mol. The Morgan fingerprint density at radius 2 is 1.92 bits per heavy atom. The van der Waals surface area contributed by atoms with Gasteiger partial charge in [-0.05, 0) is 68.0 Å². The number of hydrogen-bond donors (Lipinski definition) is 2. The van der Waals surface area contributed by atoms with Crippen LogP contribution in [0.15, 0.2) is 18.2 Å². The third-order valence-corrected chi connectivity index (χ3v) is 6.46. The zero-order chi connectivity index (χ0) is 18.3. The third kappa shape index (κ3) is 3.15. The number of aryl methyl sites for hydroxylation is 2. The lowest BCUT2D eigenvalue weighted by molar-refractivity contribution is 0.1000. The van der Waals surface area contributed by atoms with Crippen LogP contribution >= 0.6 is 11.3 Å². The molecule has 6 heteroatoms. The number of carbonyl (C=O) groups excluding carboxylic acids is 2. The molecule has 0 atom stereocenters. The molecule has 136 valence electrons. The van der Waals surface area contributed by atoms with Gasteiger partial charge in [0.25, 0.3) is 11.8 Å². The Morgan fingerprint density at radius 1 is 1.15 bits per heavy atom. The molecule has 1 aromatic heterocycles. The van der Waals surface area contributed by atoms with E-state index in [0.29, 0.717) is 16.1 Å². The van der Waals surface area contributed by atoms with Crippen molar-refractivity contribution in [1.29, 1.82) is 0 Å². The van der Waals surface area contributed by atoms with Crippen molar-refractivity contribution < 1.29 is 9.59 Å². The van der Waals surface area contributed by atoms with Gasteiger partial charge in [0.1, 0.15) is 5.00 Å². The van der Waals surface area contributed by atoms with Crippen molar-refractivity contribution in [2.24, 2.45) is 5.73 Å². The van der Waals surface area contributed by atoms with Gasteiger partial charge in [-0.15, -0.1) is 11.3 Å². The summed E-state index contributed by atoms with van der Waals surface area (Å²) in [5, 5.41) is 3.53. The van der Waals surface area contributed by atoms with Crippen LogP contribution in [0.5, 0.6) is 0 Å². The van der Waals surface area contributed by atoms with Crippen molar-refractivity contribution in [3.63, 3.8) is 0 Å². The fraction of sp³-hybridized carbons (Fsp3) is 0.400. The van der Waals surface area contributed by atoms with E-state index >= 15 is 0 Å². The topological polar surface area (TPSA) is 75.4 Å². The SMILES string of the molecule is CN1CCc2c(sc(NC(=O)c3ccc4c(c3)CCCC4)c2C(N)=O)C1. The second-order valence-electron chi connectivity index (χ2n) is 7.20. The number of carbonyl (C=O) groups is 2. The van der Waals surface area contributed by atoms with Crippen molar-refractivity contribution in [2.45, 2.75) is 38.6 Å². The molecule has 1 aromatic carbocycles. The predicted octanol–water partition coefficient (Wildman–Crippen LogP) is 2.97. The minimum atomic E-state index is -0.465. The quantitative estimate of drug-likeness (QED) is 0.873. The van der Waals surface area contributed by atoms with E-state index in [0.717, 1.165) is 42.8 Å². The maximum absolute atomic E-state index is 12.8. The molecule has 0 fully saturated rings. The summed E-state index contributed by atoms with van der Waals surface area (Å²) in [7, 11) is 2.05. The lowest BCUT2D eigenvalue weighted by Gasteiger charge is -2.22. The minimum absolute atomic E-state index is 0.173. The summed E-state index contributed by atoms with van der Waals surface area (Å²) in [5.41, 5.74) is 10.4. The largest absolute Gasteiger partial charge is 0.365 e. The van der Waals surface area contributed by atoms with Crippen LogP contribution in [0.4, 0.5) is 5.00 Å². The van der Waals surface area contributed by atoms with Crippen LogP contribution in [0.1, 0.15) is 55.1 Å². The summed E-state index contributed by atoms with van der Waals surface area (Å²) in [5.74, 6) is -0.638. The second kappa shape index (κ2) is 6.85. The molecule has 3 N–H and O–H groups in total. The molecule has 0 bridgehead atoms. The lowest BCUT2D eigenvalue weighted by atomic mass is 9.90. The molecule has 26 heavy (non-hydrogen) atoms. The number of fused-ring (bicyclic) bond motifs is 2. The number of amides is 2. The highest BCUT2D eigenvalue weighted by Gasteiger charge is 2.27. The van der Waals surface area contributed by atoms with E-state index in [9.17, 15) is 9.59 Å². The van der Waals surface area contributed by atoms with Crippen molar-refractivity contribution in [3.8, 4) is 0 Å². The first-order valence-corrected chi connectivity index (χ1v) is 9.90. The summed E-state index contributed by atoms with van der Waals surface area (Å²) in [6.07, 6.45) is 5.30. The molecule has 2 heterocycles. The Balaban J connectivity index is 1.63. The highest BCUT2D eigenvalue weighted by molar-refractivity contribution is 7.17. The van der Waals surface area contributed by atoms with Gasteiger partial charge >= 0.3 is 0 Å². The molecule has 0 saturated heterocycles. The third-order valence-electron chi connectivity index (χ3n) is 5.33. The van der Waals surface area contributed by atoms with Crippen molar-refractivity contribution >= 4 is 28.2 Å². The molecular weight excluding hydrogens is 346 g/mol. The van der Waals surface area contributed by atoms with Crippen LogP contribution in [-0.2, 0) is 25.8 Å². The first-order chi connectivity index (χ1) is 12.5. The Morgan fingerprint density at radius 3 is 2.69 bits per heavy atom. The minimum Gasteiger partial charge on any atom is -0.365 e. The number of rotatable bonds is 3. The fourth-order valence-electron chi connectivity index (χ4n) is 3.93. The molecular formula is C20H23N3O2S. The maximum Gasteiger partial charge on any atom is 0.256 e. The molecule has 1 aliphatic heterocycles. The Kier molecular flexibility index (Phi) is 4.54. The number of nitrogens with one attached hydrogen (secondary N) is 1. The molecule has 0 unspecified atom stereocenters. The summed E-state index contributed by atoms with van der Waals surface area (Å²) < 4.78 is 0. The number of likely N-dealkylation sites (N-methyl/N-ethyl adjacent to an activating group) is 1. The zero-order valence-electron chi connectivity index (χ0n) is 14.9. The van der Waals surface area contributed by atoms with Crippen LogP contribution in [-0.4, -0.2) is 30.3 Å². The normalized spacial score (nSPS) is 16.7. The van der Waals surface area contributed by atoms with Crippen molar-refractivity contribution in [1.82, 2.24) is 4.90 Å². The smallest absolute Gasteiger partial charge is 0.256 e. The van der Waals surface area contributed by atoms with Gasteiger partial charge in [-0.25, -0.2) is 0 Å². The Labute approximate surface area is 157 Å². The summed E-state index contributed by atoms with van der Waals surface area (Å²) >= 11 is 1.47. The average Bonchev–Trinajstić information content (AvgIpc) is 2.98. The highest BCUT2D eigenvalue weighted by atomic mass is 32.1. The van der Waals surface area contributed by atoms with E-state index < -0.39 is 5.91 Å². The first kappa shape index (κ1) is 17.2. The summed E-state index contributed by atoms with van der Waals surface area (Å²) in [6.45, 7) is 1.68. The van der Waals surface area contributed by atoms with Gasteiger partial charge in [-0.1, -0.05) is 6.07 Å². The standard InChI is InChI=1S/C20H23N3O2S/c1-23-9-8-15-16(11-23)26-20(17(15)18(21)24)22-19(25)14-7-6-12-4-2-3-5-13(12)10-14/h6-7,10H,2-5,8-9,11H2,1H3,(H2,21,24)(H,22,25). The van der Waals surface area contributed by atoms with Gasteiger partial charge in [-0.3, -0.25) is 9.59 Å². The molecule has 4 rings (SSSR count). The zero-order valence-corrected chi connectivity index (χ0v) is 15.7. The number of hydrogen-bond acceptors (Lipinski definition) is 4. The second-order valence-corrected chi connectivity index (χ2v) is 8.31. The monoisotopic (exact) mass is 369 g/mol. The number of nitrogens with zero attached hydrogens (tertiary/aromatic N) is 1. The van der Waals surface area contributed by atoms with Crippen LogP contribution in [0.3, 0.4) is 0 Å². The molecule has 2 aromatic rings. The molecule has 2 aliphatic rings. The van der Waals surface area contributed by atoms with Gasteiger partial charge in [0.15, 0.2) is 0 Å². The number of primary amides is 1. The Hall–Kier alpha value is -2.18. The van der Waals surface area contributed by atoms with Gasteiger partial charge in [0, 0.05) is 23.5 Å². The van der Waals surface area contributed by atoms with Crippen LogP contribution in [0.2, 0.25) is 0 Å². The van der Waals surface area contributed by atoms with E-state index in [-0.39, 0.29) is 5.91 Å². The van der Waals surface area contributed by atoms with Crippen LogP contribution < -0.4 is 11.1 Å². The predicted molar refractivity (Wildman–Crippen MR) is 104 cm³/mol. The summed E-state index contributed by atoms with van der Waals surface area (Å²) in [4.78, 5) is 28.1. The Bertz CT molecular complexity index is 887. The first-order valence-electron chi connectivity index (χ1n) is 9.09. The van der Waals surface area contributed by atoms with E-state index in [2.05, 4.69) is 23.3 Å². The van der Waals surface area contributed by atoms with E-state index in [1.807, 2.05) is 12.1 Å². The molecule has 1 aliphatic carbocycles. The highest BCUT2D eigenvalue weighted by Crippen LogP contribution is 2.37. The maximum atomic E-state index is 12.8. The van der Waals surface area contributed by atoms with E-state index in [4.69, 9.17) is 5.73 Å². The van der Waals surface area contributed by atoms with Gasteiger partial charge in [0.2, 0.25) is 0 Å². The van der Waals surface area contributed by atoms with Crippen molar-refractivity contribution in [2.75, 3.05) is 18.9 Å². The van der Waals surface area contributed by atoms with E-state index in [1.165, 1.54) is 35.3 Å². The van der Waals surface area contributed by atoms with E-state index in [1.54, 1.807) is 0 Å². The summed E-state index contributed by atoms with van der Waals surface area (Å²) in [6, 6.07) is 5.94. The van der Waals surface area contributed by atoms with Gasteiger partial charge in [-0.2, -0.15) is 0 Å². The van der Waals surface area contributed by atoms with Crippen molar-refractivity contribution in [3.05, 3.63) is 50.9 Å². The molecule has 5 nitrogen and oxygen atoms in total. The molecule has 0 saturated carbocycles. The van der Waals surface area contributed by atoms with Gasteiger partial charge < -0.3 is 16.0 Å². The van der Waals surface area contributed by atoms with Crippen LogP contribution in [0, 0.1) is 0 Å².